The highest BCUT2D eigenvalue weighted by Crippen LogP contribution is 2.28. The molecular weight excluding hydrogens is 300 g/mol. The van der Waals surface area contributed by atoms with Crippen LogP contribution in [0.4, 0.5) is 0 Å². The largest absolute Gasteiger partial charge is 0.480 e. The molecular formula is C11H17BrN4O2. The van der Waals surface area contributed by atoms with Crippen LogP contribution in [0.1, 0.15) is 10.5 Å². The molecule has 1 fully saturated rings. The maximum Gasteiger partial charge on any atom is 0.275 e. The second-order valence-electron chi connectivity index (χ2n) is 4.39. The molecule has 2 rings (SSSR count). The molecule has 0 atom stereocenters. The van der Waals surface area contributed by atoms with Gasteiger partial charge in [-0.05, 0) is 23.0 Å². The zero-order valence-electron chi connectivity index (χ0n) is 10.8. The molecule has 0 radical (unpaired) electrons. The quantitative estimate of drug-likeness (QED) is 0.801. The molecule has 0 spiro atoms. The maximum atomic E-state index is 12.4. The molecule has 0 aliphatic carbocycles. The predicted octanol–water partition coefficient (Wildman–Crippen LogP) is 0.579. The number of hydrogen-bond donors (Lipinski definition) is 0. The third-order valence-electron chi connectivity index (χ3n) is 3.13. The number of carbonyl (C=O) groups is 1. The van der Waals surface area contributed by atoms with Crippen molar-refractivity contribution in [3.8, 4) is 5.88 Å². The first-order valence-electron chi connectivity index (χ1n) is 5.79. The number of methoxy groups -OCH3 is 1. The van der Waals surface area contributed by atoms with Crippen molar-refractivity contribution in [3.63, 3.8) is 0 Å². The number of likely N-dealkylation sites (N-methyl/N-ethyl adjacent to an activating group) is 1. The summed E-state index contributed by atoms with van der Waals surface area (Å²) >= 11 is 3.38. The summed E-state index contributed by atoms with van der Waals surface area (Å²) in [5, 5.41) is 4.22. The molecule has 2 heterocycles. The average molecular weight is 317 g/mol. The first-order valence-corrected chi connectivity index (χ1v) is 6.58. The molecule has 0 unspecified atom stereocenters. The van der Waals surface area contributed by atoms with Gasteiger partial charge in [0.05, 0.1) is 7.11 Å². The average Bonchev–Trinajstić information content (AvgIpc) is 2.64. The van der Waals surface area contributed by atoms with Crippen LogP contribution in [-0.4, -0.2) is 65.8 Å². The molecule has 0 aromatic carbocycles. The summed E-state index contributed by atoms with van der Waals surface area (Å²) < 4.78 is 7.37. The summed E-state index contributed by atoms with van der Waals surface area (Å²) in [5.74, 6) is 0.515. The van der Waals surface area contributed by atoms with Gasteiger partial charge >= 0.3 is 0 Å². The summed E-state index contributed by atoms with van der Waals surface area (Å²) in [7, 11) is 5.37. The number of carbonyl (C=O) groups excluding carboxylic acids is 1. The van der Waals surface area contributed by atoms with Crippen LogP contribution >= 0.6 is 15.9 Å². The molecule has 6 nitrogen and oxygen atoms in total. The second kappa shape index (κ2) is 5.27. The Bertz CT molecular complexity index is 452. The Morgan fingerprint density at radius 1 is 1.28 bits per heavy atom. The third-order valence-corrected chi connectivity index (χ3v) is 3.84. The van der Waals surface area contributed by atoms with E-state index in [1.807, 2.05) is 4.90 Å². The lowest BCUT2D eigenvalue weighted by atomic mass is 10.3. The SMILES string of the molecule is COc1c(Br)c(C(=O)N2CCN(C)CC2)nn1C. The molecule has 1 aliphatic heterocycles. The minimum absolute atomic E-state index is 0.0473. The number of nitrogens with zero attached hydrogens (tertiary/aromatic N) is 4. The molecule has 100 valence electrons. The van der Waals surface area contributed by atoms with Crippen LogP contribution in [0.15, 0.2) is 4.47 Å². The zero-order valence-corrected chi connectivity index (χ0v) is 12.4. The lowest BCUT2D eigenvalue weighted by Gasteiger charge is -2.31. The Kier molecular flexibility index (Phi) is 3.91. The molecule has 18 heavy (non-hydrogen) atoms. The Labute approximate surface area is 115 Å². The second-order valence-corrected chi connectivity index (χ2v) is 5.18. The van der Waals surface area contributed by atoms with Crippen molar-refractivity contribution in [1.82, 2.24) is 19.6 Å². The first kappa shape index (κ1) is 13.4. The van der Waals surface area contributed by atoms with Crippen LogP contribution in [0.25, 0.3) is 0 Å². The minimum atomic E-state index is -0.0473. The Morgan fingerprint density at radius 2 is 1.89 bits per heavy atom. The Morgan fingerprint density at radius 3 is 2.39 bits per heavy atom. The van der Waals surface area contributed by atoms with Gasteiger partial charge in [0.2, 0.25) is 5.88 Å². The molecule has 0 bridgehead atoms. The fourth-order valence-corrected chi connectivity index (χ4v) is 2.67. The van der Waals surface area contributed by atoms with Crippen molar-refractivity contribution >= 4 is 21.8 Å². The molecule has 1 aromatic heterocycles. The number of hydrogen-bond acceptors (Lipinski definition) is 4. The van der Waals surface area contributed by atoms with Gasteiger partial charge in [-0.1, -0.05) is 0 Å². The Hall–Kier alpha value is -1.08. The van der Waals surface area contributed by atoms with Crippen LogP contribution in [0, 0.1) is 0 Å². The van der Waals surface area contributed by atoms with E-state index >= 15 is 0 Å². The van der Waals surface area contributed by atoms with Gasteiger partial charge in [0, 0.05) is 33.2 Å². The topological polar surface area (TPSA) is 50.6 Å². The van der Waals surface area contributed by atoms with E-state index in [9.17, 15) is 4.79 Å². The van der Waals surface area contributed by atoms with Crippen LogP contribution in [0.2, 0.25) is 0 Å². The van der Waals surface area contributed by atoms with Crippen molar-refractivity contribution in [1.29, 1.82) is 0 Å². The van der Waals surface area contributed by atoms with Crippen molar-refractivity contribution in [3.05, 3.63) is 10.2 Å². The van der Waals surface area contributed by atoms with Gasteiger partial charge in [0.1, 0.15) is 4.47 Å². The normalized spacial score (nSPS) is 17.0. The fraction of sp³-hybridized carbons (Fsp3) is 0.636. The number of halogens is 1. The van der Waals surface area contributed by atoms with Crippen molar-refractivity contribution in [2.45, 2.75) is 0 Å². The molecule has 7 heteroatoms. The monoisotopic (exact) mass is 316 g/mol. The van der Waals surface area contributed by atoms with Crippen molar-refractivity contribution < 1.29 is 9.53 Å². The summed E-state index contributed by atoms with van der Waals surface area (Å²) in [4.78, 5) is 16.4. The standard InChI is InChI=1S/C11H17BrN4O2/c1-14-4-6-16(7-5-14)10(17)9-8(12)11(18-3)15(2)13-9/h4-7H2,1-3H3. The zero-order chi connectivity index (χ0) is 13.3. The first-order chi connectivity index (χ1) is 8.54. The van der Waals surface area contributed by atoms with E-state index in [-0.39, 0.29) is 5.91 Å². The van der Waals surface area contributed by atoms with Gasteiger partial charge in [0.15, 0.2) is 5.69 Å². The lowest BCUT2D eigenvalue weighted by molar-refractivity contribution is 0.0656. The number of rotatable bonds is 2. The highest BCUT2D eigenvalue weighted by atomic mass is 79.9. The third kappa shape index (κ3) is 2.37. The number of ether oxygens (including phenoxy) is 1. The van der Waals surface area contributed by atoms with Crippen LogP contribution < -0.4 is 4.74 Å². The van der Waals surface area contributed by atoms with Crippen molar-refractivity contribution in [2.75, 3.05) is 40.3 Å². The molecule has 1 amide bonds. The van der Waals surface area contributed by atoms with Crippen molar-refractivity contribution in [2.24, 2.45) is 7.05 Å². The predicted molar refractivity (Wildman–Crippen MR) is 70.9 cm³/mol. The number of aromatic nitrogens is 2. The van der Waals surface area contributed by atoms with E-state index in [1.54, 1.807) is 18.8 Å². The lowest BCUT2D eigenvalue weighted by Crippen LogP contribution is -2.47. The highest BCUT2D eigenvalue weighted by Gasteiger charge is 2.27. The van der Waals surface area contributed by atoms with E-state index in [1.165, 1.54) is 0 Å². The number of piperazine rings is 1. The van der Waals surface area contributed by atoms with E-state index in [0.29, 0.717) is 16.0 Å². The van der Waals surface area contributed by atoms with E-state index < -0.39 is 0 Å². The van der Waals surface area contributed by atoms with Gasteiger partial charge in [-0.3, -0.25) is 4.79 Å². The molecule has 1 aliphatic rings. The maximum absolute atomic E-state index is 12.4. The van der Waals surface area contributed by atoms with E-state index in [0.717, 1.165) is 26.2 Å². The highest BCUT2D eigenvalue weighted by molar-refractivity contribution is 9.10. The van der Waals surface area contributed by atoms with E-state index in [4.69, 9.17) is 4.74 Å². The van der Waals surface area contributed by atoms with Gasteiger partial charge < -0.3 is 14.5 Å². The number of amides is 1. The van der Waals surface area contributed by atoms with Crippen LogP contribution in [0.3, 0.4) is 0 Å². The molecule has 0 N–H and O–H groups in total. The molecule has 0 saturated carbocycles. The van der Waals surface area contributed by atoms with Gasteiger partial charge in [0.25, 0.3) is 5.91 Å². The minimum Gasteiger partial charge on any atom is -0.480 e. The van der Waals surface area contributed by atoms with Gasteiger partial charge in [-0.2, -0.15) is 5.10 Å². The van der Waals surface area contributed by atoms with Crippen LogP contribution in [0.5, 0.6) is 5.88 Å². The summed E-state index contributed by atoms with van der Waals surface area (Å²) in [5.41, 5.74) is 0.416. The summed E-state index contributed by atoms with van der Waals surface area (Å²) in [6.07, 6.45) is 0. The van der Waals surface area contributed by atoms with E-state index in [2.05, 4.69) is 33.0 Å². The fourth-order valence-electron chi connectivity index (χ4n) is 2.00. The summed E-state index contributed by atoms with van der Waals surface area (Å²) in [6.45, 7) is 3.27. The smallest absolute Gasteiger partial charge is 0.275 e. The molecule has 1 saturated heterocycles. The summed E-state index contributed by atoms with van der Waals surface area (Å²) in [6, 6.07) is 0. The van der Waals surface area contributed by atoms with Gasteiger partial charge in [-0.15, -0.1) is 0 Å². The van der Waals surface area contributed by atoms with Crippen LogP contribution in [-0.2, 0) is 7.05 Å². The van der Waals surface area contributed by atoms with Gasteiger partial charge in [-0.25, -0.2) is 4.68 Å². The molecule has 1 aromatic rings. The number of aryl methyl sites for hydroxylation is 1. The Balaban J connectivity index is 2.19.